The van der Waals surface area contributed by atoms with Gasteiger partial charge in [0.15, 0.2) is 6.23 Å². The molecule has 14 heavy (non-hydrogen) atoms. The van der Waals surface area contributed by atoms with Crippen LogP contribution in [-0.2, 0) is 4.74 Å². The van der Waals surface area contributed by atoms with E-state index in [9.17, 15) is 18.0 Å². The number of carbonyl (C=O) groups excluding carboxylic acids is 1. The predicted molar refractivity (Wildman–Crippen MR) is 39.8 cm³/mol. The van der Waals surface area contributed by atoms with Crippen molar-refractivity contribution in [3.8, 4) is 0 Å². The zero-order chi connectivity index (χ0) is 10.3. The van der Waals surface area contributed by atoms with Crippen LogP contribution in [0.15, 0.2) is 18.3 Å². The molecular weight excluding hydrogens is 199 g/mol. The number of rotatable bonds is 2. The van der Waals surface area contributed by atoms with Crippen LogP contribution in [0.2, 0.25) is 0 Å². The Hall–Kier alpha value is -1.30. The molecule has 2 rings (SSSR count). The number of carbonyl (C=O) groups is 1. The van der Waals surface area contributed by atoms with Gasteiger partial charge in [-0.05, 0) is 12.1 Å². The van der Waals surface area contributed by atoms with E-state index in [0.717, 1.165) is 6.07 Å². The number of alkyl halides is 3. The topological polar surface area (TPSA) is 34.5 Å². The fraction of sp³-hybridized carbons (Fsp3) is 0.375. The summed E-state index contributed by atoms with van der Waals surface area (Å²) in [6, 6.07) is 2.53. The average Bonchev–Trinajstić information content (AvgIpc) is 2.81. The van der Waals surface area contributed by atoms with Crippen molar-refractivity contribution in [1.82, 2.24) is 4.57 Å². The van der Waals surface area contributed by atoms with E-state index in [1.165, 1.54) is 16.8 Å². The van der Waals surface area contributed by atoms with Gasteiger partial charge in [-0.15, -0.1) is 0 Å². The molecule has 6 heteroatoms. The number of hydrogen-bond acceptors (Lipinski definition) is 2. The molecule has 1 unspecified atom stereocenters. The van der Waals surface area contributed by atoms with Gasteiger partial charge in [-0.1, -0.05) is 0 Å². The van der Waals surface area contributed by atoms with Gasteiger partial charge in [0.25, 0.3) is 5.78 Å². The first-order valence-electron chi connectivity index (χ1n) is 3.90. The molecule has 2 heterocycles. The summed E-state index contributed by atoms with van der Waals surface area (Å²) < 4.78 is 42.2. The SMILES string of the molecule is O=C(c1cccn1C1CO1)C(F)(F)F. The van der Waals surface area contributed by atoms with Crippen LogP contribution in [0.1, 0.15) is 16.7 Å². The van der Waals surface area contributed by atoms with Gasteiger partial charge in [-0.2, -0.15) is 13.2 Å². The van der Waals surface area contributed by atoms with E-state index in [1.54, 1.807) is 0 Å². The zero-order valence-corrected chi connectivity index (χ0v) is 6.91. The normalized spacial score (nSPS) is 20.9. The predicted octanol–water partition coefficient (Wildman–Crippen LogP) is 1.76. The van der Waals surface area contributed by atoms with Gasteiger partial charge in [-0.25, -0.2) is 0 Å². The van der Waals surface area contributed by atoms with Crippen LogP contribution < -0.4 is 0 Å². The Balaban J connectivity index is 2.31. The van der Waals surface area contributed by atoms with Crippen molar-refractivity contribution in [1.29, 1.82) is 0 Å². The lowest BCUT2D eigenvalue weighted by molar-refractivity contribution is -0.0891. The maximum atomic E-state index is 12.1. The van der Waals surface area contributed by atoms with Gasteiger partial charge >= 0.3 is 6.18 Å². The quantitative estimate of drug-likeness (QED) is 0.544. The third kappa shape index (κ3) is 1.52. The highest BCUT2D eigenvalue weighted by Gasteiger charge is 2.42. The largest absolute Gasteiger partial charge is 0.456 e. The smallest absolute Gasteiger partial charge is 0.351 e. The lowest BCUT2D eigenvalue weighted by atomic mass is 10.3. The van der Waals surface area contributed by atoms with Crippen LogP contribution in [0.25, 0.3) is 0 Å². The molecule has 1 atom stereocenters. The van der Waals surface area contributed by atoms with Crippen molar-refractivity contribution >= 4 is 5.78 Å². The van der Waals surface area contributed by atoms with Crippen LogP contribution in [0.3, 0.4) is 0 Å². The fourth-order valence-electron chi connectivity index (χ4n) is 1.19. The summed E-state index contributed by atoms with van der Waals surface area (Å²) in [6.45, 7) is 0.354. The minimum atomic E-state index is -4.83. The van der Waals surface area contributed by atoms with Gasteiger partial charge in [0.05, 0.1) is 12.3 Å². The molecule has 1 aliphatic heterocycles. The third-order valence-corrected chi connectivity index (χ3v) is 1.90. The number of ether oxygens (including phenoxy) is 1. The van der Waals surface area contributed by atoms with Crippen molar-refractivity contribution in [3.63, 3.8) is 0 Å². The third-order valence-electron chi connectivity index (χ3n) is 1.90. The second kappa shape index (κ2) is 2.84. The minimum Gasteiger partial charge on any atom is -0.351 e. The molecule has 0 aromatic carbocycles. The summed E-state index contributed by atoms with van der Waals surface area (Å²) >= 11 is 0. The maximum absolute atomic E-state index is 12.1. The van der Waals surface area contributed by atoms with E-state index < -0.39 is 18.2 Å². The van der Waals surface area contributed by atoms with Crippen molar-refractivity contribution < 1.29 is 22.7 Å². The fourth-order valence-corrected chi connectivity index (χ4v) is 1.19. The number of halogens is 3. The molecule has 0 radical (unpaired) electrons. The van der Waals surface area contributed by atoms with E-state index in [2.05, 4.69) is 0 Å². The number of ketones is 1. The van der Waals surface area contributed by atoms with Crippen molar-refractivity contribution in [3.05, 3.63) is 24.0 Å². The Morgan fingerprint density at radius 3 is 2.71 bits per heavy atom. The molecule has 0 aliphatic carbocycles. The molecule has 0 N–H and O–H groups in total. The minimum absolute atomic E-state index is 0.354. The highest BCUT2D eigenvalue weighted by Crippen LogP contribution is 2.28. The second-order valence-corrected chi connectivity index (χ2v) is 2.92. The summed E-state index contributed by atoms with van der Waals surface area (Å²) in [6.07, 6.45) is -3.84. The molecule has 3 nitrogen and oxygen atoms in total. The Kier molecular flexibility index (Phi) is 1.88. The van der Waals surface area contributed by atoms with E-state index in [4.69, 9.17) is 4.74 Å². The standard InChI is InChI=1S/C8H6F3NO2/c9-8(10,11)7(13)5-2-1-3-12(5)6-4-14-6/h1-3,6H,4H2. The van der Waals surface area contributed by atoms with Crippen molar-refractivity contribution in [2.45, 2.75) is 12.4 Å². The Bertz CT molecular complexity index is 365. The molecule has 1 saturated heterocycles. The Morgan fingerprint density at radius 1 is 1.57 bits per heavy atom. The zero-order valence-electron chi connectivity index (χ0n) is 6.91. The van der Waals surface area contributed by atoms with Crippen LogP contribution in [0, 0.1) is 0 Å². The molecule has 0 spiro atoms. The lowest BCUT2D eigenvalue weighted by Crippen LogP contribution is -2.25. The Labute approximate surface area is 77.1 Å². The number of epoxide rings is 1. The first-order chi connectivity index (χ1) is 6.50. The van der Waals surface area contributed by atoms with Crippen LogP contribution in [0.5, 0.6) is 0 Å². The Morgan fingerprint density at radius 2 is 2.21 bits per heavy atom. The number of nitrogens with zero attached hydrogens (tertiary/aromatic N) is 1. The van der Waals surface area contributed by atoms with Crippen molar-refractivity contribution in [2.24, 2.45) is 0 Å². The number of hydrogen-bond donors (Lipinski definition) is 0. The molecule has 0 saturated carbocycles. The number of Topliss-reactive ketones (excluding diaryl/α,β-unsaturated/α-hetero) is 1. The molecule has 1 aliphatic rings. The number of aromatic nitrogens is 1. The summed E-state index contributed by atoms with van der Waals surface area (Å²) in [7, 11) is 0. The van der Waals surface area contributed by atoms with Gasteiger partial charge in [-0.3, -0.25) is 4.79 Å². The van der Waals surface area contributed by atoms with E-state index >= 15 is 0 Å². The molecule has 1 aromatic heterocycles. The first-order valence-corrected chi connectivity index (χ1v) is 3.90. The molecule has 1 fully saturated rings. The summed E-state index contributed by atoms with van der Waals surface area (Å²) in [5.41, 5.74) is -0.375. The van der Waals surface area contributed by atoms with E-state index in [1.807, 2.05) is 0 Å². The van der Waals surface area contributed by atoms with Crippen molar-refractivity contribution in [2.75, 3.05) is 6.61 Å². The molecule has 76 valence electrons. The van der Waals surface area contributed by atoms with Gasteiger partial charge in [0.2, 0.25) is 0 Å². The van der Waals surface area contributed by atoms with Gasteiger partial charge in [0.1, 0.15) is 0 Å². The monoisotopic (exact) mass is 205 g/mol. The highest BCUT2D eigenvalue weighted by atomic mass is 19.4. The van der Waals surface area contributed by atoms with Gasteiger partial charge in [0, 0.05) is 6.20 Å². The summed E-state index contributed by atoms with van der Waals surface area (Å²) in [5, 5.41) is 0. The average molecular weight is 205 g/mol. The lowest BCUT2D eigenvalue weighted by Gasteiger charge is -2.07. The van der Waals surface area contributed by atoms with E-state index in [-0.39, 0.29) is 5.69 Å². The molecular formula is C8H6F3NO2. The highest BCUT2D eigenvalue weighted by molar-refractivity contribution is 5.99. The molecule has 0 amide bonds. The van der Waals surface area contributed by atoms with Gasteiger partial charge < -0.3 is 9.30 Å². The first kappa shape index (κ1) is 9.26. The summed E-state index contributed by atoms with van der Waals surface area (Å²) in [5.74, 6) is -1.84. The second-order valence-electron chi connectivity index (χ2n) is 2.92. The molecule has 1 aromatic rings. The maximum Gasteiger partial charge on any atom is 0.456 e. The van der Waals surface area contributed by atoms with Crippen LogP contribution in [-0.4, -0.2) is 23.1 Å². The summed E-state index contributed by atoms with van der Waals surface area (Å²) in [4.78, 5) is 10.9. The van der Waals surface area contributed by atoms with E-state index in [0.29, 0.717) is 6.61 Å². The van der Waals surface area contributed by atoms with Crippen LogP contribution in [0.4, 0.5) is 13.2 Å². The molecule has 0 bridgehead atoms. The van der Waals surface area contributed by atoms with Crippen LogP contribution >= 0.6 is 0 Å².